The van der Waals surface area contributed by atoms with Crippen molar-refractivity contribution in [1.29, 1.82) is 0 Å². The summed E-state index contributed by atoms with van der Waals surface area (Å²) in [6, 6.07) is 54.3. The number of aromatic nitrogens is 6. The molecule has 0 unspecified atom stereocenters. The molecule has 0 aliphatic rings. The Hall–Kier alpha value is -8.76. The molecule has 0 radical (unpaired) electrons. The minimum Gasteiger partial charge on any atom is -0.397 e. The number of hydrogen-bond donors (Lipinski definition) is 2. The molecule has 10 nitrogen and oxygen atoms in total. The summed E-state index contributed by atoms with van der Waals surface area (Å²) in [6.45, 7) is 0. The van der Waals surface area contributed by atoms with Gasteiger partial charge in [-0.25, -0.2) is 9.97 Å². The minimum atomic E-state index is -0.640. The number of fused-ring (bicyclic) bond motifs is 9. The Bertz CT molecular complexity index is 3180. The van der Waals surface area contributed by atoms with Crippen molar-refractivity contribution in [3.63, 3.8) is 0 Å². The first kappa shape index (κ1) is 41.0. The second-order valence-corrected chi connectivity index (χ2v) is 14.1. The largest absolute Gasteiger partial charge is 0.397 e. The van der Waals surface area contributed by atoms with Crippen LogP contribution in [0.25, 0.3) is 76.9 Å². The van der Waals surface area contributed by atoms with Gasteiger partial charge in [0.15, 0.2) is 0 Å². The van der Waals surface area contributed by atoms with E-state index in [-0.39, 0.29) is 18.8 Å². The first-order chi connectivity index (χ1) is 30.5. The molecule has 63 heavy (non-hydrogen) atoms. The molecule has 0 saturated carbocycles. The molecule has 0 fully saturated rings. The van der Waals surface area contributed by atoms with Crippen molar-refractivity contribution in [2.75, 3.05) is 11.5 Å². The fourth-order valence-electron chi connectivity index (χ4n) is 7.45. The predicted octanol–water partition coefficient (Wildman–Crippen LogP) is 11.4. The zero-order valence-electron chi connectivity index (χ0n) is 33.1. The molecule has 5 aromatic heterocycles. The lowest BCUT2D eigenvalue weighted by molar-refractivity contribution is 0.0811. The van der Waals surface area contributed by atoms with E-state index in [1.54, 1.807) is 36.7 Å². The van der Waals surface area contributed by atoms with Gasteiger partial charge in [-0.2, -0.15) is 0 Å². The zero-order chi connectivity index (χ0) is 42.4. The molecule has 0 amide bonds. The summed E-state index contributed by atoms with van der Waals surface area (Å²) in [5.74, 6) is -1.28. The molecular formula is C53H40N8O2. The summed E-state index contributed by atoms with van der Waals surface area (Å²) in [7, 11) is 0. The topological polar surface area (TPSA) is 164 Å². The maximum Gasteiger partial charge on any atom is 0.253 e. The Morgan fingerprint density at radius 3 is 0.937 bits per heavy atom. The second-order valence-electron chi connectivity index (χ2n) is 14.1. The number of Topliss-reactive ketones (excluding diaryl/α,β-unsaturated/α-hetero) is 2. The molecule has 0 aliphatic carbocycles. The molecule has 0 aliphatic heterocycles. The molecular weight excluding hydrogens is 781 g/mol. The lowest BCUT2D eigenvalue weighted by atomic mass is 9.99. The van der Waals surface area contributed by atoms with Crippen LogP contribution in [0.15, 0.2) is 195 Å². The molecule has 10 heteroatoms. The number of pyridine rings is 4. The SMILES string of the molecule is C.Nc1c(N)c2ccccc2c2ccccc12.O=C(C(=O)c1ccccn1)c1ccccn1.c1ccc(-c2nc3c4ccccc4c4ccccc4c3nc2-c2ccccn2)nc1. The third-order valence-corrected chi connectivity index (χ3v) is 10.4. The molecule has 0 bridgehead atoms. The highest BCUT2D eigenvalue weighted by Crippen LogP contribution is 2.38. The highest BCUT2D eigenvalue weighted by atomic mass is 16.2. The van der Waals surface area contributed by atoms with E-state index in [0.29, 0.717) is 11.4 Å². The lowest BCUT2D eigenvalue weighted by Crippen LogP contribution is -2.16. The van der Waals surface area contributed by atoms with Crippen LogP contribution in [0, 0.1) is 0 Å². The van der Waals surface area contributed by atoms with E-state index in [4.69, 9.17) is 21.4 Å². The molecule has 6 aromatic carbocycles. The average molecular weight is 821 g/mol. The maximum atomic E-state index is 11.7. The molecule has 304 valence electrons. The summed E-state index contributed by atoms with van der Waals surface area (Å²) in [5, 5.41) is 8.89. The van der Waals surface area contributed by atoms with Gasteiger partial charge in [0, 0.05) is 46.3 Å². The summed E-state index contributed by atoms with van der Waals surface area (Å²) in [6.07, 6.45) is 6.50. The van der Waals surface area contributed by atoms with Gasteiger partial charge in [0.1, 0.15) is 22.8 Å². The van der Waals surface area contributed by atoms with Gasteiger partial charge in [-0.3, -0.25) is 29.5 Å². The van der Waals surface area contributed by atoms with Gasteiger partial charge in [0.05, 0.1) is 33.8 Å². The molecule has 0 spiro atoms. The van der Waals surface area contributed by atoms with Crippen LogP contribution < -0.4 is 11.5 Å². The molecule has 4 N–H and O–H groups in total. The third-order valence-electron chi connectivity index (χ3n) is 10.4. The van der Waals surface area contributed by atoms with Gasteiger partial charge in [-0.05, 0) is 70.1 Å². The molecule has 11 aromatic rings. The monoisotopic (exact) mass is 820 g/mol. The number of carbonyl (C=O) groups is 2. The van der Waals surface area contributed by atoms with Crippen molar-refractivity contribution < 1.29 is 9.59 Å². The third kappa shape index (κ3) is 8.12. The van der Waals surface area contributed by atoms with Gasteiger partial charge in [-0.15, -0.1) is 0 Å². The molecule has 5 heterocycles. The van der Waals surface area contributed by atoms with E-state index >= 15 is 0 Å². The first-order valence-electron chi connectivity index (χ1n) is 19.8. The smallest absolute Gasteiger partial charge is 0.253 e. The Kier molecular flexibility index (Phi) is 11.9. The predicted molar refractivity (Wildman–Crippen MR) is 255 cm³/mol. The van der Waals surface area contributed by atoms with Gasteiger partial charge >= 0.3 is 0 Å². The van der Waals surface area contributed by atoms with Crippen LogP contribution in [0.2, 0.25) is 0 Å². The number of hydrogen-bond acceptors (Lipinski definition) is 10. The van der Waals surface area contributed by atoms with Crippen LogP contribution >= 0.6 is 0 Å². The summed E-state index contributed by atoms with van der Waals surface area (Å²) >= 11 is 0. The van der Waals surface area contributed by atoms with E-state index in [1.165, 1.54) is 35.3 Å². The van der Waals surface area contributed by atoms with Gasteiger partial charge in [-0.1, -0.05) is 129 Å². The quantitative estimate of drug-likeness (QED) is 0.0561. The van der Waals surface area contributed by atoms with E-state index in [0.717, 1.165) is 66.1 Å². The van der Waals surface area contributed by atoms with E-state index < -0.39 is 11.6 Å². The number of nitrogens with zero attached hydrogens (tertiary/aromatic N) is 6. The van der Waals surface area contributed by atoms with Gasteiger partial charge in [0.2, 0.25) is 0 Å². The van der Waals surface area contributed by atoms with Crippen LogP contribution in [0.5, 0.6) is 0 Å². The Labute approximate surface area is 363 Å². The van der Waals surface area contributed by atoms with Crippen molar-refractivity contribution in [3.8, 4) is 22.8 Å². The van der Waals surface area contributed by atoms with Gasteiger partial charge in [0.25, 0.3) is 11.6 Å². The molecule has 11 rings (SSSR count). The number of benzene rings is 6. The highest BCUT2D eigenvalue weighted by molar-refractivity contribution is 6.48. The minimum absolute atomic E-state index is 0. The normalized spacial score (nSPS) is 10.7. The fraction of sp³-hybridized carbons (Fsp3) is 0.0189. The van der Waals surface area contributed by atoms with Crippen LogP contribution in [-0.2, 0) is 0 Å². The summed E-state index contributed by atoms with van der Waals surface area (Å²) < 4.78 is 0. The second kappa shape index (κ2) is 18.2. The number of nitrogens with two attached hydrogens (primary N) is 2. The highest BCUT2D eigenvalue weighted by Gasteiger charge is 2.20. The van der Waals surface area contributed by atoms with Gasteiger partial charge < -0.3 is 11.5 Å². The van der Waals surface area contributed by atoms with Crippen molar-refractivity contribution >= 4 is 77.1 Å². The van der Waals surface area contributed by atoms with Crippen molar-refractivity contribution in [2.45, 2.75) is 7.43 Å². The van der Waals surface area contributed by atoms with E-state index in [9.17, 15) is 9.59 Å². The number of carbonyl (C=O) groups excluding carboxylic acids is 2. The Balaban J connectivity index is 0.000000140. The van der Waals surface area contributed by atoms with Crippen molar-refractivity contribution in [3.05, 3.63) is 206 Å². The van der Waals surface area contributed by atoms with Crippen LogP contribution in [0.3, 0.4) is 0 Å². The van der Waals surface area contributed by atoms with E-state index in [2.05, 4.69) is 68.5 Å². The lowest BCUT2D eigenvalue weighted by Gasteiger charge is -2.13. The number of nitrogen functional groups attached to an aromatic ring is 2. The Morgan fingerprint density at radius 1 is 0.333 bits per heavy atom. The maximum absolute atomic E-state index is 11.7. The zero-order valence-corrected chi connectivity index (χ0v) is 33.1. The number of anilines is 2. The van der Waals surface area contributed by atoms with Crippen LogP contribution in [0.1, 0.15) is 28.4 Å². The number of ketones is 2. The van der Waals surface area contributed by atoms with Crippen LogP contribution in [-0.4, -0.2) is 41.5 Å². The summed E-state index contributed by atoms with van der Waals surface area (Å²) in [4.78, 5) is 50.4. The standard InChI is InChI=1S/C26H16N4.C14H12N2.C12H8N2O2.CH4/c1-3-11-19-17(9-1)18-10-2-4-12-20(18)24-23(19)29-25(21-13-5-7-15-27-21)26(30-24)22-14-6-8-16-28-22;15-13-11-7-3-1-5-9(11)10-6-2-4-8-12(10)14(13)16;15-11(9-5-1-3-7-13-9)12(16)10-6-2-4-8-14-10;/h1-16H;1-8H,15-16H2;1-8H;1H4. The summed E-state index contributed by atoms with van der Waals surface area (Å²) in [5.41, 5.74) is 18.5. The van der Waals surface area contributed by atoms with Crippen molar-refractivity contribution in [2.24, 2.45) is 0 Å². The van der Waals surface area contributed by atoms with Crippen LogP contribution in [0.4, 0.5) is 11.4 Å². The average Bonchev–Trinajstić information content (AvgIpc) is 3.36. The molecule has 0 saturated heterocycles. The fourth-order valence-corrected chi connectivity index (χ4v) is 7.45. The first-order valence-corrected chi connectivity index (χ1v) is 19.8. The van der Waals surface area contributed by atoms with E-state index in [1.807, 2.05) is 84.9 Å². The Morgan fingerprint density at radius 2 is 0.619 bits per heavy atom. The number of rotatable bonds is 5. The van der Waals surface area contributed by atoms with Crippen molar-refractivity contribution in [1.82, 2.24) is 29.9 Å². The molecule has 0 atom stereocenters.